The molecule has 290 valence electrons. The van der Waals surface area contributed by atoms with Crippen LogP contribution in [0, 0.1) is 0 Å². The number of hydrazine groups is 2. The minimum Gasteiger partial charge on any atom is -0.496 e. The molecule has 58 heavy (non-hydrogen) atoms. The maximum Gasteiger partial charge on any atom is 0.265 e. The van der Waals surface area contributed by atoms with Crippen LogP contribution in [-0.2, 0) is 17.7 Å². The normalized spacial score (nSPS) is 11.4. The van der Waals surface area contributed by atoms with E-state index >= 15 is 0 Å². The summed E-state index contributed by atoms with van der Waals surface area (Å²) in [6, 6.07) is 59.0. The lowest BCUT2D eigenvalue weighted by atomic mass is 9.77. The van der Waals surface area contributed by atoms with Gasteiger partial charge in [0.25, 0.3) is 11.8 Å². The molecular formula is C49H44N4O5. The molecule has 7 aromatic rings. The number of hydrogen-bond acceptors (Lipinski definition) is 7. The molecule has 0 fully saturated rings. The minimum absolute atomic E-state index is 0.154. The molecule has 0 unspecified atom stereocenters. The van der Waals surface area contributed by atoms with Crippen LogP contribution in [0.4, 0.5) is 0 Å². The van der Waals surface area contributed by atoms with Crippen LogP contribution in [0.3, 0.4) is 0 Å². The Bertz CT molecular complexity index is 2220. The number of methoxy groups -OCH3 is 2. The number of aliphatic hydroxyl groups excluding tert-OH is 1. The van der Waals surface area contributed by atoms with Crippen LogP contribution in [0.5, 0.6) is 11.5 Å². The lowest BCUT2D eigenvalue weighted by molar-refractivity contribution is 0.0917. The molecule has 0 heterocycles. The first-order chi connectivity index (χ1) is 28.4. The second kappa shape index (κ2) is 17.8. The van der Waals surface area contributed by atoms with E-state index in [1.165, 1.54) is 6.07 Å². The first-order valence-corrected chi connectivity index (χ1v) is 18.8. The van der Waals surface area contributed by atoms with Crippen LogP contribution in [0.2, 0.25) is 0 Å². The van der Waals surface area contributed by atoms with Gasteiger partial charge < -0.3 is 14.6 Å². The fourth-order valence-corrected chi connectivity index (χ4v) is 7.53. The zero-order valence-electron chi connectivity index (χ0n) is 32.2. The number of hydrogen-bond donors (Lipinski definition) is 5. The predicted octanol–water partition coefficient (Wildman–Crippen LogP) is 7.65. The molecule has 7 aromatic carbocycles. The van der Waals surface area contributed by atoms with Crippen molar-refractivity contribution in [2.45, 2.75) is 17.7 Å². The molecule has 7 rings (SSSR count). The highest BCUT2D eigenvalue weighted by Crippen LogP contribution is 2.42. The number of amides is 2. The number of rotatable bonds is 15. The lowest BCUT2D eigenvalue weighted by Gasteiger charge is -2.37. The summed E-state index contributed by atoms with van der Waals surface area (Å²) >= 11 is 0. The van der Waals surface area contributed by atoms with Crippen molar-refractivity contribution in [3.8, 4) is 11.5 Å². The lowest BCUT2D eigenvalue weighted by Crippen LogP contribution is -2.54. The van der Waals surface area contributed by atoms with Crippen LogP contribution >= 0.6 is 0 Å². The Morgan fingerprint density at radius 1 is 0.466 bits per heavy atom. The molecule has 0 atom stereocenters. The quantitative estimate of drug-likeness (QED) is 0.0537. The van der Waals surface area contributed by atoms with E-state index in [0.29, 0.717) is 17.1 Å². The van der Waals surface area contributed by atoms with Gasteiger partial charge in [-0.05, 0) is 58.1 Å². The summed E-state index contributed by atoms with van der Waals surface area (Å²) in [7, 11) is 3.22. The molecule has 0 aromatic heterocycles. The third kappa shape index (κ3) is 7.70. The summed E-state index contributed by atoms with van der Waals surface area (Å²) in [5.74, 6) is 0.169. The molecule has 9 nitrogen and oxygen atoms in total. The summed E-state index contributed by atoms with van der Waals surface area (Å²) in [5, 5.41) is 10.4. The van der Waals surface area contributed by atoms with Crippen molar-refractivity contribution < 1.29 is 24.2 Å². The largest absolute Gasteiger partial charge is 0.496 e. The topological polar surface area (TPSA) is 121 Å². The summed E-state index contributed by atoms with van der Waals surface area (Å²) in [4.78, 5) is 28.6. The van der Waals surface area contributed by atoms with Crippen molar-refractivity contribution >= 4 is 11.8 Å². The van der Waals surface area contributed by atoms with E-state index in [2.05, 4.69) is 21.7 Å². The van der Waals surface area contributed by atoms with Crippen molar-refractivity contribution in [1.29, 1.82) is 0 Å². The fraction of sp³-hybridized carbons (Fsp3) is 0.102. The second-order valence-corrected chi connectivity index (χ2v) is 13.6. The third-order valence-corrected chi connectivity index (χ3v) is 10.3. The van der Waals surface area contributed by atoms with Gasteiger partial charge in [0.15, 0.2) is 0 Å². The second-order valence-electron chi connectivity index (χ2n) is 13.6. The Morgan fingerprint density at radius 3 is 1.09 bits per heavy atom. The van der Waals surface area contributed by atoms with Gasteiger partial charge >= 0.3 is 0 Å². The van der Waals surface area contributed by atoms with Gasteiger partial charge in [-0.2, -0.15) is 0 Å². The number of carbonyl (C=O) groups excluding carboxylic acids is 2. The van der Waals surface area contributed by atoms with Gasteiger partial charge in [0.2, 0.25) is 0 Å². The van der Waals surface area contributed by atoms with Crippen LogP contribution in [0.25, 0.3) is 0 Å². The average Bonchev–Trinajstić information content (AvgIpc) is 3.30. The average molecular weight is 769 g/mol. The van der Waals surface area contributed by atoms with E-state index in [0.717, 1.165) is 33.4 Å². The predicted molar refractivity (Wildman–Crippen MR) is 225 cm³/mol. The zero-order chi connectivity index (χ0) is 40.4. The van der Waals surface area contributed by atoms with Gasteiger partial charge in [-0.25, -0.2) is 10.9 Å². The Kier molecular flexibility index (Phi) is 12.1. The Labute approximate surface area is 338 Å². The molecule has 0 aliphatic rings. The number of para-hydroxylation sites is 2. The van der Waals surface area contributed by atoms with Gasteiger partial charge in [-0.15, -0.1) is 0 Å². The van der Waals surface area contributed by atoms with E-state index in [-0.39, 0.29) is 11.1 Å². The van der Waals surface area contributed by atoms with E-state index in [1.54, 1.807) is 26.4 Å². The summed E-state index contributed by atoms with van der Waals surface area (Å²) in [6.07, 6.45) is 0. The molecule has 0 saturated carbocycles. The number of nitrogens with one attached hydrogen (secondary N) is 4. The van der Waals surface area contributed by atoms with Crippen molar-refractivity contribution in [1.82, 2.24) is 21.7 Å². The van der Waals surface area contributed by atoms with Crippen molar-refractivity contribution in [3.63, 3.8) is 0 Å². The monoisotopic (exact) mass is 768 g/mol. The minimum atomic E-state index is -1.11. The standard InChI is InChI=1S/C49H44N4O5/c1-57-44-29-17-15-27-42(44)48(38-19-7-3-8-20-38,39-21-9-4-10-22-39)52-50-46(55)36-31-35(34-54)32-37(33-36)47(56)51-53-49(40-23-11-5-12-24-40,41-25-13-6-14-26-41)43-28-16-18-30-45(43)58-2/h3-33,52-54H,34H2,1-2H3,(H,50,55)(H,51,56). The van der Waals surface area contributed by atoms with E-state index in [1.807, 2.05) is 170 Å². The fourth-order valence-electron chi connectivity index (χ4n) is 7.53. The van der Waals surface area contributed by atoms with Crippen LogP contribution in [0.1, 0.15) is 59.7 Å². The van der Waals surface area contributed by atoms with Crippen LogP contribution in [0.15, 0.2) is 188 Å². The molecule has 5 N–H and O–H groups in total. The summed E-state index contributed by atoms with van der Waals surface area (Å²) < 4.78 is 11.7. The Balaban J connectivity index is 1.25. The highest BCUT2D eigenvalue weighted by molar-refractivity contribution is 6.00. The first-order valence-electron chi connectivity index (χ1n) is 18.8. The van der Waals surface area contributed by atoms with Gasteiger partial charge in [0.1, 0.15) is 22.6 Å². The summed E-state index contributed by atoms with van der Waals surface area (Å²) in [6.45, 7) is -0.402. The van der Waals surface area contributed by atoms with E-state index < -0.39 is 29.5 Å². The van der Waals surface area contributed by atoms with Crippen molar-refractivity contribution in [2.75, 3.05) is 14.2 Å². The molecular weight excluding hydrogens is 725 g/mol. The molecule has 0 spiro atoms. The number of ether oxygens (including phenoxy) is 2. The molecule has 0 radical (unpaired) electrons. The van der Waals surface area contributed by atoms with Crippen molar-refractivity contribution in [3.05, 3.63) is 238 Å². The van der Waals surface area contributed by atoms with E-state index in [9.17, 15) is 14.7 Å². The zero-order valence-corrected chi connectivity index (χ0v) is 32.2. The Morgan fingerprint density at radius 2 is 0.776 bits per heavy atom. The molecule has 9 heteroatoms. The number of aliphatic hydroxyl groups is 1. The van der Waals surface area contributed by atoms with Crippen LogP contribution < -0.4 is 31.2 Å². The maximum absolute atomic E-state index is 14.3. The van der Waals surface area contributed by atoms with E-state index in [4.69, 9.17) is 9.47 Å². The SMILES string of the molecule is COc1ccccc1C(NNC(=O)c1cc(CO)cc(C(=O)NNC(c2ccccc2)(c2ccccc2)c2ccccc2OC)c1)(c1ccccc1)c1ccccc1. The van der Waals surface area contributed by atoms with Gasteiger partial charge in [0.05, 0.1) is 20.8 Å². The Hall–Kier alpha value is -7.04. The van der Waals surface area contributed by atoms with Crippen molar-refractivity contribution in [2.24, 2.45) is 0 Å². The maximum atomic E-state index is 14.3. The highest BCUT2D eigenvalue weighted by Gasteiger charge is 2.41. The van der Waals surface area contributed by atoms with Gasteiger partial charge in [-0.1, -0.05) is 158 Å². The number of carbonyl (C=O) groups is 2. The highest BCUT2D eigenvalue weighted by atomic mass is 16.5. The molecule has 0 aliphatic heterocycles. The molecule has 2 amide bonds. The third-order valence-electron chi connectivity index (χ3n) is 10.3. The van der Waals surface area contributed by atoms with Gasteiger partial charge in [-0.3, -0.25) is 20.4 Å². The molecule has 0 bridgehead atoms. The molecule has 0 aliphatic carbocycles. The van der Waals surface area contributed by atoms with Gasteiger partial charge in [0, 0.05) is 22.3 Å². The number of benzene rings is 7. The molecule has 0 saturated heterocycles. The smallest absolute Gasteiger partial charge is 0.265 e. The van der Waals surface area contributed by atoms with Crippen LogP contribution in [-0.4, -0.2) is 31.1 Å². The summed E-state index contributed by atoms with van der Waals surface area (Å²) in [5.41, 5.74) is 16.0. The first kappa shape index (κ1) is 39.2.